The van der Waals surface area contributed by atoms with Gasteiger partial charge in [-0.1, -0.05) is 29.8 Å². The van der Waals surface area contributed by atoms with E-state index in [-0.39, 0.29) is 26.9 Å². The lowest BCUT2D eigenvalue weighted by molar-refractivity contribution is -0.387. The summed E-state index contributed by atoms with van der Waals surface area (Å²) in [6.07, 6.45) is 0. The van der Waals surface area contributed by atoms with Crippen molar-refractivity contribution in [2.45, 2.75) is 4.90 Å². The molecule has 3 aromatic carbocycles. The summed E-state index contributed by atoms with van der Waals surface area (Å²) in [5, 5.41) is 13.4. The highest BCUT2D eigenvalue weighted by molar-refractivity contribution is 7.92. The molecule has 0 saturated heterocycles. The number of sulfonamides is 1. The first kappa shape index (κ1) is 21.2. The summed E-state index contributed by atoms with van der Waals surface area (Å²) in [5.74, 6) is -1.78. The predicted molar refractivity (Wildman–Crippen MR) is 110 cm³/mol. The number of hydrogen-bond donors (Lipinski definition) is 2. The highest BCUT2D eigenvalue weighted by Gasteiger charge is 2.19. The lowest BCUT2D eigenvalue weighted by Crippen LogP contribution is -2.16. The minimum atomic E-state index is -4.04. The molecule has 0 aliphatic heterocycles. The van der Waals surface area contributed by atoms with Gasteiger partial charge in [-0.25, -0.2) is 8.42 Å². The maximum atomic E-state index is 13.4. The van der Waals surface area contributed by atoms with Crippen molar-refractivity contribution < 1.29 is 22.5 Å². The minimum Gasteiger partial charge on any atom is -0.322 e. The summed E-state index contributed by atoms with van der Waals surface area (Å²) >= 11 is 5.97. The van der Waals surface area contributed by atoms with Gasteiger partial charge in [0.05, 0.1) is 20.5 Å². The lowest BCUT2D eigenvalue weighted by Gasteiger charge is -2.11. The zero-order chi connectivity index (χ0) is 21.9. The van der Waals surface area contributed by atoms with E-state index in [1.807, 2.05) is 0 Å². The highest BCUT2D eigenvalue weighted by atomic mass is 35.5. The number of nitro groups is 1. The lowest BCUT2D eigenvalue weighted by atomic mass is 10.2. The van der Waals surface area contributed by atoms with E-state index in [1.54, 1.807) is 12.1 Å². The smallest absolute Gasteiger partial charge is 0.306 e. The van der Waals surface area contributed by atoms with Crippen LogP contribution in [0.2, 0.25) is 5.02 Å². The van der Waals surface area contributed by atoms with E-state index in [4.69, 9.17) is 11.6 Å². The Balaban J connectivity index is 1.84. The van der Waals surface area contributed by atoms with Gasteiger partial charge in [0.25, 0.3) is 15.9 Å². The second kappa shape index (κ2) is 8.47. The summed E-state index contributed by atoms with van der Waals surface area (Å²) in [6, 6.07) is 14.3. The number of halogens is 2. The zero-order valence-corrected chi connectivity index (χ0v) is 16.6. The maximum Gasteiger partial charge on any atom is 0.306 e. The average Bonchev–Trinajstić information content (AvgIpc) is 2.71. The Bertz CT molecular complexity index is 1250. The van der Waals surface area contributed by atoms with Crippen LogP contribution in [0.4, 0.5) is 21.5 Å². The number of nitro benzene ring substituents is 1. The monoisotopic (exact) mass is 449 g/mol. The molecular formula is C19H13ClFN3O5S. The van der Waals surface area contributed by atoms with Crippen molar-refractivity contribution in [1.82, 2.24) is 0 Å². The Morgan fingerprint density at radius 1 is 1.03 bits per heavy atom. The SMILES string of the molecule is O=C(Nc1ccc(F)c([N+](=O)[O-])c1)c1cccc(S(=O)(=O)Nc2ccccc2Cl)c1. The van der Waals surface area contributed by atoms with Crippen LogP contribution in [-0.4, -0.2) is 19.2 Å². The molecule has 0 aromatic heterocycles. The van der Waals surface area contributed by atoms with Crippen LogP contribution in [0.5, 0.6) is 0 Å². The molecule has 0 atom stereocenters. The molecule has 0 aliphatic rings. The molecule has 0 aliphatic carbocycles. The van der Waals surface area contributed by atoms with Crippen molar-refractivity contribution in [3.63, 3.8) is 0 Å². The van der Waals surface area contributed by atoms with E-state index in [0.717, 1.165) is 24.3 Å². The molecule has 154 valence electrons. The summed E-state index contributed by atoms with van der Waals surface area (Å²) < 4.78 is 41.0. The van der Waals surface area contributed by atoms with Gasteiger partial charge in [-0.15, -0.1) is 0 Å². The third-order valence-corrected chi connectivity index (χ3v) is 5.62. The molecule has 8 nitrogen and oxygen atoms in total. The van der Waals surface area contributed by atoms with E-state index in [1.165, 1.54) is 30.3 Å². The summed E-state index contributed by atoms with van der Waals surface area (Å²) in [4.78, 5) is 22.2. The van der Waals surface area contributed by atoms with E-state index in [9.17, 15) is 27.7 Å². The summed E-state index contributed by atoms with van der Waals surface area (Å²) in [6.45, 7) is 0. The summed E-state index contributed by atoms with van der Waals surface area (Å²) in [5.41, 5.74) is -0.666. The first-order valence-corrected chi connectivity index (χ1v) is 10.2. The van der Waals surface area contributed by atoms with Crippen LogP contribution in [0.3, 0.4) is 0 Å². The predicted octanol–water partition coefficient (Wildman–Crippen LogP) is 4.44. The fourth-order valence-electron chi connectivity index (χ4n) is 2.49. The third-order valence-electron chi connectivity index (χ3n) is 3.93. The molecule has 0 unspecified atom stereocenters. The number of carbonyl (C=O) groups is 1. The third kappa shape index (κ3) is 4.73. The number of amides is 1. The van der Waals surface area contributed by atoms with Crippen molar-refractivity contribution >= 4 is 44.6 Å². The van der Waals surface area contributed by atoms with Crippen molar-refractivity contribution in [3.8, 4) is 0 Å². The fraction of sp³-hybridized carbons (Fsp3) is 0. The topological polar surface area (TPSA) is 118 Å². The largest absolute Gasteiger partial charge is 0.322 e. The number of carbonyl (C=O) groups excluding carboxylic acids is 1. The molecule has 11 heteroatoms. The van der Waals surface area contributed by atoms with E-state index >= 15 is 0 Å². The fourth-order valence-corrected chi connectivity index (χ4v) is 3.85. The quantitative estimate of drug-likeness (QED) is 0.426. The molecule has 0 spiro atoms. The van der Waals surface area contributed by atoms with Gasteiger partial charge < -0.3 is 5.32 Å². The molecule has 0 bridgehead atoms. The molecule has 0 radical (unpaired) electrons. The number of anilines is 2. The van der Waals surface area contributed by atoms with Crippen LogP contribution in [0.15, 0.2) is 71.6 Å². The summed E-state index contributed by atoms with van der Waals surface area (Å²) in [7, 11) is -4.04. The molecular weight excluding hydrogens is 437 g/mol. The van der Waals surface area contributed by atoms with Crippen molar-refractivity contribution in [3.05, 3.63) is 93.2 Å². The second-order valence-corrected chi connectivity index (χ2v) is 8.08. The molecule has 30 heavy (non-hydrogen) atoms. The van der Waals surface area contributed by atoms with Crippen LogP contribution in [0.1, 0.15) is 10.4 Å². The van der Waals surface area contributed by atoms with Gasteiger partial charge in [-0.05, 0) is 42.5 Å². The van der Waals surface area contributed by atoms with Crippen LogP contribution in [0, 0.1) is 15.9 Å². The Morgan fingerprint density at radius 2 is 1.77 bits per heavy atom. The number of nitrogens with one attached hydrogen (secondary N) is 2. The first-order valence-electron chi connectivity index (χ1n) is 8.30. The molecule has 0 saturated carbocycles. The van der Waals surface area contributed by atoms with E-state index in [0.29, 0.717) is 0 Å². The van der Waals surface area contributed by atoms with Gasteiger partial charge in [-0.3, -0.25) is 19.6 Å². The Morgan fingerprint density at radius 3 is 2.47 bits per heavy atom. The maximum absolute atomic E-state index is 13.4. The number of para-hydroxylation sites is 1. The second-order valence-electron chi connectivity index (χ2n) is 5.99. The molecule has 3 rings (SSSR count). The zero-order valence-electron chi connectivity index (χ0n) is 15.0. The normalized spacial score (nSPS) is 11.0. The number of rotatable bonds is 6. The van der Waals surface area contributed by atoms with Crippen LogP contribution in [-0.2, 0) is 10.0 Å². The van der Waals surface area contributed by atoms with Gasteiger partial charge in [0.15, 0.2) is 0 Å². The Hall–Kier alpha value is -3.50. The molecule has 0 heterocycles. The minimum absolute atomic E-state index is 0.0180. The number of hydrogen-bond acceptors (Lipinski definition) is 5. The number of benzene rings is 3. The molecule has 0 fully saturated rings. The standard InChI is InChI=1S/C19H13ClFN3O5S/c20-15-6-1-2-7-17(15)23-30(28,29)14-5-3-4-12(10-14)19(25)22-13-8-9-16(21)18(11-13)24(26)27/h1-11,23H,(H,22,25). The van der Waals surface area contributed by atoms with Crippen molar-refractivity contribution in [2.24, 2.45) is 0 Å². The van der Waals surface area contributed by atoms with E-state index in [2.05, 4.69) is 10.0 Å². The Kier molecular flexibility index (Phi) is 5.99. The number of nitrogens with zero attached hydrogens (tertiary/aromatic N) is 1. The Labute approximate surface area is 175 Å². The van der Waals surface area contributed by atoms with Gasteiger partial charge >= 0.3 is 5.69 Å². The first-order chi connectivity index (χ1) is 14.2. The van der Waals surface area contributed by atoms with Crippen LogP contribution in [0.25, 0.3) is 0 Å². The van der Waals surface area contributed by atoms with Crippen LogP contribution < -0.4 is 10.0 Å². The van der Waals surface area contributed by atoms with Gasteiger partial charge in [0, 0.05) is 17.3 Å². The molecule has 1 amide bonds. The molecule has 3 aromatic rings. The van der Waals surface area contributed by atoms with Crippen molar-refractivity contribution in [2.75, 3.05) is 10.0 Å². The van der Waals surface area contributed by atoms with Gasteiger partial charge in [-0.2, -0.15) is 4.39 Å². The molecule has 2 N–H and O–H groups in total. The van der Waals surface area contributed by atoms with Crippen LogP contribution >= 0.6 is 11.6 Å². The highest BCUT2D eigenvalue weighted by Crippen LogP contribution is 2.25. The van der Waals surface area contributed by atoms with E-state index < -0.39 is 32.4 Å². The van der Waals surface area contributed by atoms with Crippen molar-refractivity contribution in [1.29, 1.82) is 0 Å². The van der Waals surface area contributed by atoms with Gasteiger partial charge in [0.1, 0.15) is 0 Å². The van der Waals surface area contributed by atoms with Gasteiger partial charge in [0.2, 0.25) is 5.82 Å². The average molecular weight is 450 g/mol.